The minimum absolute atomic E-state index is 0.110. The van der Waals surface area contributed by atoms with Gasteiger partial charge in [-0.15, -0.1) is 4.40 Å². The highest BCUT2D eigenvalue weighted by Gasteiger charge is 2.68. The molecule has 0 bridgehead atoms. The molecule has 0 saturated carbocycles. The van der Waals surface area contributed by atoms with Crippen molar-refractivity contribution in [1.29, 1.82) is 0 Å². The van der Waals surface area contributed by atoms with E-state index in [1.165, 1.54) is 0 Å². The van der Waals surface area contributed by atoms with E-state index in [1.807, 2.05) is 92.7 Å². The Bertz CT molecular complexity index is 1650. The molecule has 0 radical (unpaired) electrons. The molecule has 6 nitrogen and oxygen atoms in total. The largest absolute Gasteiger partial charge is 0.323 e. The molecular formula is C30H25N3O3S. The molecule has 4 aromatic carbocycles. The predicted octanol–water partition coefficient (Wildman–Crippen LogP) is 5.54. The van der Waals surface area contributed by atoms with Gasteiger partial charge < -0.3 is 10.2 Å². The van der Waals surface area contributed by atoms with E-state index < -0.39 is 21.5 Å². The van der Waals surface area contributed by atoms with Crippen LogP contribution < -0.4 is 10.2 Å². The van der Waals surface area contributed by atoms with E-state index in [9.17, 15) is 13.2 Å². The van der Waals surface area contributed by atoms with E-state index in [1.54, 1.807) is 29.2 Å². The van der Waals surface area contributed by atoms with Crippen molar-refractivity contribution in [3.8, 4) is 0 Å². The molecule has 0 unspecified atom stereocenters. The van der Waals surface area contributed by atoms with E-state index >= 15 is 0 Å². The molecule has 1 amide bonds. The summed E-state index contributed by atoms with van der Waals surface area (Å²) in [5.41, 5.74) is 3.84. The van der Waals surface area contributed by atoms with Crippen LogP contribution in [0.4, 0.5) is 11.4 Å². The van der Waals surface area contributed by atoms with Crippen LogP contribution >= 0.6 is 0 Å². The second-order valence-corrected chi connectivity index (χ2v) is 11.1. The SMILES string of the molecule is Cc1ccc(N2/C(=N/S(=O)(=O)c3ccc(C)cc3)[C@H](c3ccccc3)[C@]23C(=O)Nc2ccccc23)cc1. The van der Waals surface area contributed by atoms with Gasteiger partial charge >= 0.3 is 0 Å². The zero-order chi connectivity index (χ0) is 25.8. The zero-order valence-corrected chi connectivity index (χ0v) is 21.2. The quantitative estimate of drug-likeness (QED) is 0.393. The summed E-state index contributed by atoms with van der Waals surface area (Å²) in [6.45, 7) is 3.88. The average molecular weight is 508 g/mol. The first kappa shape index (κ1) is 23.2. The van der Waals surface area contributed by atoms with Crippen molar-refractivity contribution in [3.05, 3.63) is 125 Å². The molecule has 2 aliphatic rings. The third kappa shape index (κ3) is 3.49. The zero-order valence-electron chi connectivity index (χ0n) is 20.4. The number of rotatable bonds is 4. The van der Waals surface area contributed by atoms with Crippen LogP contribution in [0.2, 0.25) is 0 Å². The lowest BCUT2D eigenvalue weighted by Gasteiger charge is -2.56. The second-order valence-electron chi connectivity index (χ2n) is 9.52. The Kier molecular flexibility index (Phi) is 5.28. The van der Waals surface area contributed by atoms with Gasteiger partial charge in [0.25, 0.3) is 15.9 Å². The van der Waals surface area contributed by atoms with Gasteiger partial charge in [-0.3, -0.25) is 4.79 Å². The van der Waals surface area contributed by atoms with Crippen molar-refractivity contribution in [2.45, 2.75) is 30.2 Å². The Morgan fingerprint density at radius 2 is 1.38 bits per heavy atom. The first-order valence-corrected chi connectivity index (χ1v) is 13.5. The molecule has 2 aliphatic heterocycles. The van der Waals surface area contributed by atoms with E-state index in [0.717, 1.165) is 22.3 Å². The normalized spacial score (nSPS) is 21.6. The maximum absolute atomic E-state index is 13.9. The van der Waals surface area contributed by atoms with Crippen LogP contribution in [0, 0.1) is 13.8 Å². The van der Waals surface area contributed by atoms with Crippen LogP contribution in [0.5, 0.6) is 0 Å². The van der Waals surface area contributed by atoms with Crippen molar-refractivity contribution < 1.29 is 13.2 Å². The van der Waals surface area contributed by atoms with Gasteiger partial charge in [-0.1, -0.05) is 83.9 Å². The number of amides is 1. The van der Waals surface area contributed by atoms with Crippen molar-refractivity contribution in [2.24, 2.45) is 4.40 Å². The third-order valence-electron chi connectivity index (χ3n) is 7.15. The molecule has 7 heteroatoms. The summed E-state index contributed by atoms with van der Waals surface area (Å²) >= 11 is 0. The number of anilines is 2. The highest BCUT2D eigenvalue weighted by molar-refractivity contribution is 7.90. The van der Waals surface area contributed by atoms with Crippen molar-refractivity contribution in [2.75, 3.05) is 10.2 Å². The Balaban J connectivity index is 1.63. The number of hydrogen-bond donors (Lipinski definition) is 1. The Hall–Kier alpha value is -4.23. The molecule has 1 saturated heterocycles. The molecule has 1 fully saturated rings. The van der Waals surface area contributed by atoms with Gasteiger partial charge in [-0.05, 0) is 49.7 Å². The number of amidine groups is 1. The van der Waals surface area contributed by atoms with Crippen LogP contribution in [0.1, 0.15) is 28.2 Å². The molecule has 37 heavy (non-hydrogen) atoms. The minimum atomic E-state index is -4.05. The topological polar surface area (TPSA) is 78.8 Å². The summed E-state index contributed by atoms with van der Waals surface area (Å²) < 4.78 is 31.6. The van der Waals surface area contributed by atoms with Gasteiger partial charge in [-0.2, -0.15) is 8.42 Å². The highest BCUT2D eigenvalue weighted by atomic mass is 32.2. The van der Waals surface area contributed by atoms with Gasteiger partial charge in [0.15, 0.2) is 5.54 Å². The van der Waals surface area contributed by atoms with Gasteiger partial charge in [0.2, 0.25) is 0 Å². The second kappa shape index (κ2) is 8.42. The van der Waals surface area contributed by atoms with Crippen LogP contribution in [-0.4, -0.2) is 20.2 Å². The monoisotopic (exact) mass is 507 g/mol. The predicted molar refractivity (Wildman–Crippen MR) is 145 cm³/mol. The van der Waals surface area contributed by atoms with Crippen LogP contribution in [0.3, 0.4) is 0 Å². The van der Waals surface area contributed by atoms with Crippen LogP contribution in [0.25, 0.3) is 0 Å². The number of aryl methyl sites for hydroxylation is 2. The highest BCUT2D eigenvalue weighted by Crippen LogP contribution is 2.59. The fourth-order valence-corrected chi connectivity index (χ4v) is 6.40. The Morgan fingerprint density at radius 3 is 2.05 bits per heavy atom. The number of para-hydroxylation sites is 1. The van der Waals surface area contributed by atoms with E-state index in [-0.39, 0.29) is 10.8 Å². The molecule has 1 N–H and O–H groups in total. The first-order valence-electron chi connectivity index (χ1n) is 12.1. The molecule has 4 aromatic rings. The number of benzene rings is 4. The molecule has 0 aromatic heterocycles. The molecule has 0 aliphatic carbocycles. The Labute approximate surface area is 216 Å². The molecule has 184 valence electrons. The van der Waals surface area contributed by atoms with Crippen LogP contribution in [-0.2, 0) is 20.4 Å². The summed E-state index contributed by atoms with van der Waals surface area (Å²) in [7, 11) is -4.05. The van der Waals surface area contributed by atoms with Crippen molar-refractivity contribution in [3.63, 3.8) is 0 Å². The lowest BCUT2D eigenvalue weighted by Crippen LogP contribution is -2.70. The Morgan fingerprint density at radius 1 is 0.784 bits per heavy atom. The number of carbonyl (C=O) groups is 1. The van der Waals surface area contributed by atoms with Gasteiger partial charge in [0.05, 0.1) is 10.8 Å². The molecule has 2 heterocycles. The van der Waals surface area contributed by atoms with Gasteiger partial charge in [0.1, 0.15) is 5.84 Å². The minimum Gasteiger partial charge on any atom is -0.323 e. The van der Waals surface area contributed by atoms with Crippen LogP contribution in [0.15, 0.2) is 112 Å². The number of hydrogen-bond acceptors (Lipinski definition) is 3. The molecule has 1 spiro atoms. The number of sulfonamides is 1. The smallest absolute Gasteiger partial charge is 0.283 e. The first-order chi connectivity index (χ1) is 17.8. The number of fused-ring (bicyclic) bond motifs is 2. The van der Waals surface area contributed by atoms with E-state index in [0.29, 0.717) is 17.2 Å². The lowest BCUT2D eigenvalue weighted by atomic mass is 9.65. The van der Waals surface area contributed by atoms with E-state index in [4.69, 9.17) is 0 Å². The standard InChI is InChI=1S/C30H25N3O3S/c1-20-12-16-23(17-13-20)33-28(32-37(35,36)24-18-14-21(2)15-19-24)27(22-8-4-3-5-9-22)30(33)25-10-6-7-11-26(25)31-29(30)34/h3-19,27H,1-2H3,(H,31,34)/b32-28+/t27-,30+/m0/s1. The molecule has 6 rings (SSSR count). The third-order valence-corrected chi connectivity index (χ3v) is 8.44. The summed E-state index contributed by atoms with van der Waals surface area (Å²) in [4.78, 5) is 15.8. The summed E-state index contributed by atoms with van der Waals surface area (Å²) in [5, 5.41) is 3.04. The fourth-order valence-electron chi connectivity index (χ4n) is 5.38. The summed E-state index contributed by atoms with van der Waals surface area (Å²) in [5.74, 6) is -0.517. The van der Waals surface area contributed by atoms with Crippen molar-refractivity contribution in [1.82, 2.24) is 0 Å². The van der Waals surface area contributed by atoms with Gasteiger partial charge in [0, 0.05) is 16.9 Å². The molecule has 2 atom stereocenters. The van der Waals surface area contributed by atoms with Crippen molar-refractivity contribution >= 4 is 33.1 Å². The summed E-state index contributed by atoms with van der Waals surface area (Å²) in [6, 6.07) is 31.4. The average Bonchev–Trinajstić information content (AvgIpc) is 3.19. The summed E-state index contributed by atoms with van der Waals surface area (Å²) in [6.07, 6.45) is 0. The number of carbonyl (C=O) groups excluding carboxylic acids is 1. The fraction of sp³-hybridized carbons (Fsp3) is 0.133. The maximum Gasteiger partial charge on any atom is 0.283 e. The molecular weight excluding hydrogens is 482 g/mol. The maximum atomic E-state index is 13.9. The lowest BCUT2D eigenvalue weighted by molar-refractivity contribution is -0.121. The number of nitrogens with one attached hydrogen (secondary N) is 1. The van der Waals surface area contributed by atoms with Gasteiger partial charge in [-0.25, -0.2) is 0 Å². The van der Waals surface area contributed by atoms with E-state index in [2.05, 4.69) is 9.71 Å². The number of nitrogens with zero attached hydrogens (tertiary/aromatic N) is 2.